The molecule has 0 saturated heterocycles. The van der Waals surface area contributed by atoms with Crippen LogP contribution >= 0.6 is 0 Å². The largest absolute Gasteiger partial charge is 0.330 e. The van der Waals surface area contributed by atoms with Crippen molar-refractivity contribution in [1.82, 2.24) is 4.31 Å². The summed E-state index contributed by atoms with van der Waals surface area (Å²) in [5, 5.41) is 2.60. The maximum Gasteiger partial charge on any atom is 0.242 e. The van der Waals surface area contributed by atoms with Crippen LogP contribution in [0.5, 0.6) is 0 Å². The van der Waals surface area contributed by atoms with Crippen molar-refractivity contribution in [1.29, 1.82) is 0 Å². The van der Waals surface area contributed by atoms with E-state index in [4.69, 9.17) is 5.73 Å². The molecular weight excluding hydrogens is 290 g/mol. The van der Waals surface area contributed by atoms with Crippen LogP contribution in [0.2, 0.25) is 0 Å². The average molecular weight is 313 g/mol. The van der Waals surface area contributed by atoms with Crippen LogP contribution in [0.3, 0.4) is 0 Å². The monoisotopic (exact) mass is 313 g/mol. The lowest BCUT2D eigenvalue weighted by atomic mass is 10.2. The van der Waals surface area contributed by atoms with Crippen LogP contribution in [0.25, 0.3) is 0 Å². The van der Waals surface area contributed by atoms with Gasteiger partial charge in [-0.2, -0.15) is 0 Å². The Hall–Kier alpha value is -1.44. The highest BCUT2D eigenvalue weighted by molar-refractivity contribution is 7.89. The molecule has 0 saturated carbocycles. The second-order valence-corrected chi connectivity index (χ2v) is 6.93. The number of hydrogen-bond acceptors (Lipinski definition) is 4. The first-order chi connectivity index (χ1) is 9.87. The molecule has 118 valence electrons. The minimum Gasteiger partial charge on any atom is -0.330 e. The Morgan fingerprint density at radius 2 is 1.81 bits per heavy atom. The van der Waals surface area contributed by atoms with Crippen LogP contribution in [-0.4, -0.2) is 38.8 Å². The minimum absolute atomic E-state index is 0.192. The highest BCUT2D eigenvalue weighted by Gasteiger charge is 2.19. The second-order valence-electron chi connectivity index (χ2n) is 4.88. The van der Waals surface area contributed by atoms with E-state index in [2.05, 4.69) is 5.32 Å². The number of benzene rings is 1. The van der Waals surface area contributed by atoms with Crippen LogP contribution in [-0.2, 0) is 14.8 Å². The normalized spacial score (nSPS) is 11.6. The van der Waals surface area contributed by atoms with Crippen molar-refractivity contribution >= 4 is 21.6 Å². The lowest BCUT2D eigenvalue weighted by Crippen LogP contribution is -2.28. The first-order valence-electron chi connectivity index (χ1n) is 6.92. The molecule has 7 heteroatoms. The van der Waals surface area contributed by atoms with Crippen LogP contribution in [0.1, 0.15) is 26.2 Å². The van der Waals surface area contributed by atoms with Gasteiger partial charge >= 0.3 is 0 Å². The van der Waals surface area contributed by atoms with Crippen LogP contribution in [0, 0.1) is 0 Å². The van der Waals surface area contributed by atoms with Crippen molar-refractivity contribution in [3.63, 3.8) is 0 Å². The Labute approximate surface area is 126 Å². The molecule has 0 aromatic heterocycles. The van der Waals surface area contributed by atoms with E-state index in [9.17, 15) is 13.2 Å². The summed E-state index contributed by atoms with van der Waals surface area (Å²) in [5.41, 5.74) is 5.99. The molecule has 1 aromatic rings. The van der Waals surface area contributed by atoms with Gasteiger partial charge in [0.25, 0.3) is 0 Å². The van der Waals surface area contributed by atoms with Gasteiger partial charge in [0.1, 0.15) is 0 Å². The molecule has 1 aromatic carbocycles. The van der Waals surface area contributed by atoms with Crippen LogP contribution in [0.15, 0.2) is 29.2 Å². The molecule has 0 fully saturated rings. The van der Waals surface area contributed by atoms with Gasteiger partial charge in [0.2, 0.25) is 15.9 Å². The molecule has 0 aliphatic rings. The Morgan fingerprint density at radius 1 is 1.19 bits per heavy atom. The van der Waals surface area contributed by atoms with Gasteiger partial charge < -0.3 is 11.1 Å². The molecular formula is C14H23N3O3S. The lowest BCUT2D eigenvalue weighted by molar-refractivity contribution is -0.114. The maximum atomic E-state index is 12.3. The zero-order valence-corrected chi connectivity index (χ0v) is 13.3. The third-order valence-electron chi connectivity index (χ3n) is 3.06. The first kappa shape index (κ1) is 17.6. The standard InChI is InChI=1S/C14H23N3O3S/c1-12(18)16-13-6-8-14(9-7-13)21(19,20)17(2)11-5-3-4-10-15/h6-9H,3-5,10-11,15H2,1-2H3,(H,16,18). The number of carbonyl (C=O) groups is 1. The number of anilines is 1. The van der Waals surface area contributed by atoms with Gasteiger partial charge in [-0.3, -0.25) is 4.79 Å². The van der Waals surface area contributed by atoms with Gasteiger partial charge in [-0.05, 0) is 43.7 Å². The highest BCUT2D eigenvalue weighted by Crippen LogP contribution is 2.18. The minimum atomic E-state index is -3.48. The number of hydrogen-bond donors (Lipinski definition) is 2. The van der Waals surface area contributed by atoms with Crippen molar-refractivity contribution in [3.8, 4) is 0 Å². The fraction of sp³-hybridized carbons (Fsp3) is 0.500. The maximum absolute atomic E-state index is 12.3. The van der Waals surface area contributed by atoms with E-state index in [1.165, 1.54) is 23.4 Å². The van der Waals surface area contributed by atoms with E-state index < -0.39 is 10.0 Å². The summed E-state index contributed by atoms with van der Waals surface area (Å²) >= 11 is 0. The summed E-state index contributed by atoms with van der Waals surface area (Å²) in [6.07, 6.45) is 2.61. The number of nitrogens with one attached hydrogen (secondary N) is 1. The summed E-state index contributed by atoms with van der Waals surface area (Å²) in [7, 11) is -1.91. The van der Waals surface area contributed by atoms with Crippen LogP contribution in [0.4, 0.5) is 5.69 Å². The van der Waals surface area contributed by atoms with Gasteiger partial charge in [0.15, 0.2) is 0 Å². The fourth-order valence-electron chi connectivity index (χ4n) is 1.87. The lowest BCUT2D eigenvalue weighted by Gasteiger charge is -2.17. The summed E-state index contributed by atoms with van der Waals surface area (Å²) < 4.78 is 26.0. The van der Waals surface area contributed by atoms with Crippen molar-refractivity contribution in [2.75, 3.05) is 25.5 Å². The molecule has 21 heavy (non-hydrogen) atoms. The van der Waals surface area contributed by atoms with Gasteiger partial charge in [0, 0.05) is 26.2 Å². The Balaban J connectivity index is 2.70. The smallest absolute Gasteiger partial charge is 0.242 e. The number of nitrogens with zero attached hydrogens (tertiary/aromatic N) is 1. The summed E-state index contributed by atoms with van der Waals surface area (Å²) in [6.45, 7) is 2.50. The van der Waals surface area contributed by atoms with E-state index in [-0.39, 0.29) is 10.8 Å². The number of sulfonamides is 1. The molecule has 1 rings (SSSR count). The van der Waals surface area contributed by atoms with E-state index >= 15 is 0 Å². The van der Waals surface area contributed by atoms with E-state index in [1.807, 2.05) is 0 Å². The van der Waals surface area contributed by atoms with Crippen molar-refractivity contribution in [2.24, 2.45) is 5.73 Å². The second kappa shape index (κ2) is 8.11. The van der Waals surface area contributed by atoms with Gasteiger partial charge in [-0.15, -0.1) is 0 Å². The number of amides is 1. The van der Waals surface area contributed by atoms with Crippen molar-refractivity contribution in [2.45, 2.75) is 31.1 Å². The summed E-state index contributed by atoms with van der Waals surface area (Å²) in [6, 6.07) is 6.15. The molecule has 0 unspecified atom stereocenters. The quantitative estimate of drug-likeness (QED) is 0.709. The Bertz CT molecular complexity index is 555. The molecule has 0 bridgehead atoms. The molecule has 0 atom stereocenters. The zero-order valence-electron chi connectivity index (χ0n) is 12.5. The number of rotatable bonds is 8. The van der Waals surface area contributed by atoms with Crippen molar-refractivity contribution in [3.05, 3.63) is 24.3 Å². The molecule has 0 radical (unpaired) electrons. The van der Waals surface area contributed by atoms with Crippen LogP contribution < -0.4 is 11.1 Å². The average Bonchev–Trinajstić information content (AvgIpc) is 2.43. The zero-order chi connectivity index (χ0) is 15.9. The summed E-state index contributed by atoms with van der Waals surface area (Å²) in [5.74, 6) is -0.192. The van der Waals surface area contributed by atoms with Crippen molar-refractivity contribution < 1.29 is 13.2 Å². The fourth-order valence-corrected chi connectivity index (χ4v) is 3.08. The summed E-state index contributed by atoms with van der Waals surface area (Å²) in [4.78, 5) is 11.1. The van der Waals surface area contributed by atoms with E-state index in [0.29, 0.717) is 18.8 Å². The number of nitrogens with two attached hydrogens (primary N) is 1. The SMILES string of the molecule is CC(=O)Nc1ccc(S(=O)(=O)N(C)CCCCCN)cc1. The predicted molar refractivity (Wildman–Crippen MR) is 83.5 cm³/mol. The molecule has 3 N–H and O–H groups in total. The van der Waals surface area contributed by atoms with E-state index in [0.717, 1.165) is 19.3 Å². The Morgan fingerprint density at radius 3 is 2.33 bits per heavy atom. The van der Waals surface area contributed by atoms with Gasteiger partial charge in [0.05, 0.1) is 4.90 Å². The third kappa shape index (κ3) is 5.45. The number of carbonyl (C=O) groups excluding carboxylic acids is 1. The first-order valence-corrected chi connectivity index (χ1v) is 8.36. The molecule has 0 spiro atoms. The topological polar surface area (TPSA) is 92.5 Å². The predicted octanol–water partition coefficient (Wildman–Crippen LogP) is 1.39. The molecule has 0 aliphatic carbocycles. The highest BCUT2D eigenvalue weighted by atomic mass is 32.2. The number of unbranched alkanes of at least 4 members (excludes halogenated alkanes) is 2. The van der Waals surface area contributed by atoms with E-state index in [1.54, 1.807) is 19.2 Å². The molecule has 0 heterocycles. The van der Waals surface area contributed by atoms with Gasteiger partial charge in [-0.25, -0.2) is 12.7 Å². The van der Waals surface area contributed by atoms with Gasteiger partial charge in [-0.1, -0.05) is 6.42 Å². The molecule has 6 nitrogen and oxygen atoms in total. The third-order valence-corrected chi connectivity index (χ3v) is 4.93. The Kier molecular flexibility index (Phi) is 6.80. The molecule has 1 amide bonds. The molecule has 0 aliphatic heterocycles.